The molecule has 0 N–H and O–H groups in total. The molecule has 24 heavy (non-hydrogen) atoms. The van der Waals surface area contributed by atoms with Crippen LogP contribution in [0, 0.1) is 10.8 Å². The molecule has 0 aromatic heterocycles. The third-order valence-electron chi connectivity index (χ3n) is 5.12. The summed E-state index contributed by atoms with van der Waals surface area (Å²) in [5, 5.41) is 0.472. The molecule has 2 fully saturated rings. The number of hydrogen-bond donors (Lipinski definition) is 0. The molecule has 0 unspecified atom stereocenters. The van der Waals surface area contributed by atoms with E-state index in [1.54, 1.807) is 24.3 Å². The van der Waals surface area contributed by atoms with Gasteiger partial charge in [0.1, 0.15) is 0 Å². The second kappa shape index (κ2) is 6.07. The molecule has 1 aromatic rings. The highest BCUT2D eigenvalue weighted by molar-refractivity contribution is 6.30. The van der Waals surface area contributed by atoms with Gasteiger partial charge in [0.25, 0.3) is 5.91 Å². The van der Waals surface area contributed by atoms with Gasteiger partial charge in [-0.05, 0) is 48.3 Å². The van der Waals surface area contributed by atoms with E-state index in [2.05, 4.69) is 20.8 Å². The van der Waals surface area contributed by atoms with Crippen LogP contribution in [0.5, 0.6) is 0 Å². The minimum Gasteiger partial charge on any atom is -0.452 e. The zero-order valence-electron chi connectivity index (χ0n) is 14.5. The van der Waals surface area contributed by atoms with Crippen molar-refractivity contribution in [2.24, 2.45) is 10.8 Å². The van der Waals surface area contributed by atoms with Gasteiger partial charge in [-0.25, -0.2) is 4.79 Å². The molecule has 4 nitrogen and oxygen atoms in total. The van der Waals surface area contributed by atoms with Gasteiger partial charge >= 0.3 is 5.97 Å². The van der Waals surface area contributed by atoms with Crippen molar-refractivity contribution in [2.75, 3.05) is 13.2 Å². The Kier molecular flexibility index (Phi) is 4.37. The van der Waals surface area contributed by atoms with Crippen LogP contribution in [0.15, 0.2) is 24.3 Å². The molecular formula is C19H24ClNO3. The minimum absolute atomic E-state index is 0.100. The van der Waals surface area contributed by atoms with Gasteiger partial charge < -0.3 is 9.64 Å². The number of halogens is 1. The SMILES string of the molecule is CC1(C)C[C@@H]2C[C@](C)(CN2C(=O)COC(=O)c2cccc(Cl)c2)C1. The monoisotopic (exact) mass is 349 g/mol. The van der Waals surface area contributed by atoms with Crippen molar-refractivity contribution < 1.29 is 14.3 Å². The molecular weight excluding hydrogens is 326 g/mol. The van der Waals surface area contributed by atoms with E-state index in [9.17, 15) is 9.59 Å². The van der Waals surface area contributed by atoms with Crippen LogP contribution in [0.2, 0.25) is 5.02 Å². The first-order valence-corrected chi connectivity index (χ1v) is 8.78. The van der Waals surface area contributed by atoms with E-state index >= 15 is 0 Å². The number of amides is 1. The Morgan fingerprint density at radius 1 is 1.29 bits per heavy atom. The quantitative estimate of drug-likeness (QED) is 0.777. The van der Waals surface area contributed by atoms with Crippen molar-refractivity contribution in [3.8, 4) is 0 Å². The van der Waals surface area contributed by atoms with Crippen LogP contribution in [0.25, 0.3) is 0 Å². The first-order chi connectivity index (χ1) is 11.2. The van der Waals surface area contributed by atoms with Crippen molar-refractivity contribution in [3.63, 3.8) is 0 Å². The van der Waals surface area contributed by atoms with E-state index in [0.29, 0.717) is 10.6 Å². The van der Waals surface area contributed by atoms with E-state index in [0.717, 1.165) is 25.8 Å². The zero-order chi connectivity index (χ0) is 17.5. The Morgan fingerprint density at radius 2 is 2.04 bits per heavy atom. The van der Waals surface area contributed by atoms with Crippen molar-refractivity contribution in [3.05, 3.63) is 34.9 Å². The summed E-state index contributed by atoms with van der Waals surface area (Å²) in [6, 6.07) is 6.81. The summed E-state index contributed by atoms with van der Waals surface area (Å²) in [4.78, 5) is 26.5. The summed E-state index contributed by atoms with van der Waals surface area (Å²) in [5.74, 6) is -0.614. The molecule has 1 aliphatic carbocycles. The summed E-state index contributed by atoms with van der Waals surface area (Å²) < 4.78 is 5.20. The van der Waals surface area contributed by atoms with Crippen molar-refractivity contribution >= 4 is 23.5 Å². The van der Waals surface area contributed by atoms with Crippen LogP contribution >= 0.6 is 11.6 Å². The number of nitrogens with zero attached hydrogens (tertiary/aromatic N) is 1. The Morgan fingerprint density at radius 3 is 2.75 bits per heavy atom. The molecule has 2 atom stereocenters. The van der Waals surface area contributed by atoms with Gasteiger partial charge in [0.15, 0.2) is 6.61 Å². The number of hydrogen-bond acceptors (Lipinski definition) is 3. The summed E-state index contributed by atoms with van der Waals surface area (Å²) in [6.45, 7) is 7.34. The van der Waals surface area contributed by atoms with Gasteiger partial charge in [0.05, 0.1) is 5.56 Å². The fraction of sp³-hybridized carbons (Fsp3) is 0.579. The third kappa shape index (κ3) is 3.59. The lowest BCUT2D eigenvalue weighted by Gasteiger charge is -2.39. The molecule has 1 amide bonds. The topological polar surface area (TPSA) is 46.6 Å². The third-order valence-corrected chi connectivity index (χ3v) is 5.36. The van der Waals surface area contributed by atoms with Crippen LogP contribution in [0.1, 0.15) is 50.4 Å². The fourth-order valence-corrected chi connectivity index (χ4v) is 4.85. The predicted octanol–water partition coefficient (Wildman–Crippen LogP) is 3.92. The molecule has 1 saturated heterocycles. The maximum Gasteiger partial charge on any atom is 0.338 e. The first-order valence-electron chi connectivity index (χ1n) is 8.40. The van der Waals surface area contributed by atoms with Crippen molar-refractivity contribution in [2.45, 2.75) is 46.1 Å². The van der Waals surface area contributed by atoms with Gasteiger partial charge in [-0.15, -0.1) is 0 Å². The number of ether oxygens (including phenoxy) is 1. The van der Waals surface area contributed by atoms with Gasteiger partial charge in [-0.2, -0.15) is 0 Å². The molecule has 3 rings (SSSR count). The summed E-state index contributed by atoms with van der Waals surface area (Å²) >= 11 is 5.88. The van der Waals surface area contributed by atoms with Crippen molar-refractivity contribution in [1.29, 1.82) is 0 Å². The van der Waals surface area contributed by atoms with Gasteiger partial charge in [0, 0.05) is 17.6 Å². The number of carbonyl (C=O) groups is 2. The van der Waals surface area contributed by atoms with E-state index in [4.69, 9.17) is 16.3 Å². The maximum absolute atomic E-state index is 12.6. The highest BCUT2D eigenvalue weighted by Crippen LogP contribution is 2.52. The largest absolute Gasteiger partial charge is 0.452 e. The van der Waals surface area contributed by atoms with Crippen molar-refractivity contribution in [1.82, 2.24) is 4.90 Å². The van der Waals surface area contributed by atoms with Gasteiger partial charge in [-0.3, -0.25) is 4.79 Å². The first kappa shape index (κ1) is 17.3. The maximum atomic E-state index is 12.6. The Bertz CT molecular complexity index is 672. The van der Waals surface area contributed by atoms with E-state index in [-0.39, 0.29) is 29.4 Å². The molecule has 5 heteroatoms. The normalized spacial score (nSPS) is 27.8. The molecule has 2 aliphatic rings. The van der Waals surface area contributed by atoms with Crippen LogP contribution < -0.4 is 0 Å². The highest BCUT2D eigenvalue weighted by atomic mass is 35.5. The second-order valence-corrected chi connectivity index (χ2v) is 8.76. The fourth-order valence-electron chi connectivity index (χ4n) is 4.66. The molecule has 1 heterocycles. The number of rotatable bonds is 3. The van der Waals surface area contributed by atoms with E-state index in [1.165, 1.54) is 0 Å². The number of esters is 1. The lowest BCUT2D eigenvalue weighted by atomic mass is 9.65. The average Bonchev–Trinajstić information content (AvgIpc) is 2.73. The molecule has 0 radical (unpaired) electrons. The molecule has 130 valence electrons. The van der Waals surface area contributed by atoms with Gasteiger partial charge in [0.2, 0.25) is 0 Å². The summed E-state index contributed by atoms with van der Waals surface area (Å²) in [6.07, 6.45) is 3.18. The number of likely N-dealkylation sites (tertiary alicyclic amines) is 1. The Labute approximate surface area is 148 Å². The lowest BCUT2D eigenvalue weighted by Crippen LogP contribution is -2.39. The number of benzene rings is 1. The predicted molar refractivity (Wildman–Crippen MR) is 93.0 cm³/mol. The van der Waals surface area contributed by atoms with Crippen LogP contribution in [0.3, 0.4) is 0 Å². The standard InChI is InChI=1S/C19H24ClNO3/c1-18(2)8-15-9-19(3,11-18)12-21(15)16(22)10-24-17(23)13-5-4-6-14(20)7-13/h4-7,15H,8-12H2,1-3H3/t15-,19+/m1/s1. The van der Waals surface area contributed by atoms with Gasteiger partial charge in [-0.1, -0.05) is 38.4 Å². The molecule has 1 aromatic carbocycles. The van der Waals surface area contributed by atoms with Crippen LogP contribution in [-0.4, -0.2) is 36.0 Å². The van der Waals surface area contributed by atoms with Crippen LogP contribution in [-0.2, 0) is 9.53 Å². The van der Waals surface area contributed by atoms with E-state index in [1.807, 2.05) is 4.90 Å². The van der Waals surface area contributed by atoms with Crippen LogP contribution in [0.4, 0.5) is 0 Å². The summed E-state index contributed by atoms with van der Waals surface area (Å²) in [5.41, 5.74) is 0.798. The van der Waals surface area contributed by atoms with E-state index < -0.39 is 5.97 Å². The minimum atomic E-state index is -0.514. The second-order valence-electron chi connectivity index (χ2n) is 8.32. The molecule has 2 bridgehead atoms. The summed E-state index contributed by atoms with van der Waals surface area (Å²) in [7, 11) is 0. The Hall–Kier alpha value is -1.55. The highest BCUT2D eigenvalue weighted by Gasteiger charge is 2.50. The Balaban J connectivity index is 1.61. The molecule has 1 aliphatic heterocycles. The zero-order valence-corrected chi connectivity index (χ0v) is 15.2. The smallest absolute Gasteiger partial charge is 0.338 e. The molecule has 0 spiro atoms. The average molecular weight is 350 g/mol. The number of fused-ring (bicyclic) bond motifs is 2. The molecule has 1 saturated carbocycles. The number of carbonyl (C=O) groups excluding carboxylic acids is 2. The lowest BCUT2D eigenvalue weighted by molar-refractivity contribution is -0.135.